The van der Waals surface area contributed by atoms with Crippen molar-refractivity contribution in [2.24, 2.45) is 0 Å². The SMILES string of the molecule is Cc1cccnc1C(=O)Cc1sccc1Br. The Labute approximate surface area is 106 Å². The zero-order chi connectivity index (χ0) is 11.5. The van der Waals surface area contributed by atoms with Crippen LogP contribution in [0.15, 0.2) is 34.2 Å². The Morgan fingerprint density at radius 3 is 2.94 bits per heavy atom. The summed E-state index contributed by atoms with van der Waals surface area (Å²) in [5.74, 6) is 0.0706. The molecule has 82 valence electrons. The topological polar surface area (TPSA) is 30.0 Å². The van der Waals surface area contributed by atoms with Gasteiger partial charge in [-0.3, -0.25) is 9.78 Å². The molecule has 2 aromatic rings. The second kappa shape index (κ2) is 4.89. The lowest BCUT2D eigenvalue weighted by Gasteiger charge is -2.02. The van der Waals surface area contributed by atoms with Gasteiger partial charge < -0.3 is 0 Å². The zero-order valence-corrected chi connectivity index (χ0v) is 11.1. The van der Waals surface area contributed by atoms with Gasteiger partial charge in [0.05, 0.1) is 0 Å². The van der Waals surface area contributed by atoms with Crippen molar-refractivity contribution in [2.45, 2.75) is 13.3 Å². The Morgan fingerprint density at radius 1 is 1.50 bits per heavy atom. The van der Waals surface area contributed by atoms with Crippen LogP contribution in [0.25, 0.3) is 0 Å². The Kier molecular flexibility index (Phi) is 3.51. The molecule has 0 atom stereocenters. The van der Waals surface area contributed by atoms with E-state index in [2.05, 4.69) is 20.9 Å². The van der Waals surface area contributed by atoms with Crippen LogP contribution in [0.4, 0.5) is 0 Å². The van der Waals surface area contributed by atoms with Crippen molar-refractivity contribution >= 4 is 33.0 Å². The molecule has 16 heavy (non-hydrogen) atoms. The minimum atomic E-state index is 0.0706. The molecule has 2 rings (SSSR count). The number of aromatic nitrogens is 1. The molecule has 0 bridgehead atoms. The van der Waals surface area contributed by atoms with E-state index in [1.807, 2.05) is 30.5 Å². The maximum atomic E-state index is 12.0. The molecular weight excluding hydrogens is 286 g/mol. The van der Waals surface area contributed by atoms with Gasteiger partial charge in [0, 0.05) is 22.0 Å². The third-order valence-corrected chi connectivity index (χ3v) is 4.21. The van der Waals surface area contributed by atoms with E-state index in [0.29, 0.717) is 12.1 Å². The number of thiophene rings is 1. The minimum Gasteiger partial charge on any atom is -0.292 e. The lowest BCUT2D eigenvalue weighted by atomic mass is 10.1. The molecular formula is C12H10BrNOS. The van der Waals surface area contributed by atoms with Crippen LogP contribution in [0.1, 0.15) is 20.9 Å². The summed E-state index contributed by atoms with van der Waals surface area (Å²) in [5, 5.41) is 1.97. The fraction of sp³-hybridized carbons (Fsp3) is 0.167. The molecule has 0 saturated carbocycles. The van der Waals surface area contributed by atoms with E-state index < -0.39 is 0 Å². The number of carbonyl (C=O) groups is 1. The van der Waals surface area contributed by atoms with Crippen molar-refractivity contribution in [1.82, 2.24) is 4.98 Å². The molecule has 0 aliphatic heterocycles. The predicted molar refractivity (Wildman–Crippen MR) is 69.0 cm³/mol. The molecule has 0 saturated heterocycles. The highest BCUT2D eigenvalue weighted by molar-refractivity contribution is 9.10. The van der Waals surface area contributed by atoms with Gasteiger partial charge in [-0.15, -0.1) is 11.3 Å². The summed E-state index contributed by atoms with van der Waals surface area (Å²) in [7, 11) is 0. The summed E-state index contributed by atoms with van der Waals surface area (Å²) in [4.78, 5) is 17.2. The summed E-state index contributed by atoms with van der Waals surface area (Å²) in [6.07, 6.45) is 2.07. The van der Waals surface area contributed by atoms with E-state index in [1.54, 1.807) is 17.5 Å². The van der Waals surface area contributed by atoms with Crippen molar-refractivity contribution in [3.8, 4) is 0 Å². The number of carbonyl (C=O) groups excluding carboxylic acids is 1. The smallest absolute Gasteiger partial charge is 0.186 e. The average Bonchev–Trinajstić information content (AvgIpc) is 2.65. The third kappa shape index (κ3) is 2.39. The highest BCUT2D eigenvalue weighted by Crippen LogP contribution is 2.24. The Morgan fingerprint density at radius 2 is 2.31 bits per heavy atom. The summed E-state index contributed by atoms with van der Waals surface area (Å²) in [6, 6.07) is 5.70. The van der Waals surface area contributed by atoms with Crippen molar-refractivity contribution < 1.29 is 4.79 Å². The molecule has 0 spiro atoms. The highest BCUT2D eigenvalue weighted by atomic mass is 79.9. The molecule has 0 amide bonds. The van der Waals surface area contributed by atoms with Gasteiger partial charge >= 0.3 is 0 Å². The first kappa shape index (κ1) is 11.5. The number of hydrogen-bond acceptors (Lipinski definition) is 3. The molecule has 0 aliphatic rings. The van der Waals surface area contributed by atoms with Gasteiger partial charge in [-0.25, -0.2) is 0 Å². The number of aryl methyl sites for hydroxylation is 1. The van der Waals surface area contributed by atoms with Crippen LogP contribution < -0.4 is 0 Å². The molecule has 2 nitrogen and oxygen atoms in total. The second-order valence-corrected chi connectivity index (χ2v) is 5.32. The summed E-state index contributed by atoms with van der Waals surface area (Å²) in [5.41, 5.74) is 1.50. The Hall–Kier alpha value is -1.00. The summed E-state index contributed by atoms with van der Waals surface area (Å²) in [6.45, 7) is 1.91. The molecule has 4 heteroatoms. The van der Waals surface area contributed by atoms with Crippen LogP contribution in [0.5, 0.6) is 0 Å². The van der Waals surface area contributed by atoms with Gasteiger partial charge in [0.1, 0.15) is 5.69 Å². The first-order valence-electron chi connectivity index (χ1n) is 4.85. The van der Waals surface area contributed by atoms with Gasteiger partial charge in [-0.1, -0.05) is 6.07 Å². The number of ketones is 1. The monoisotopic (exact) mass is 295 g/mol. The van der Waals surface area contributed by atoms with Gasteiger partial charge in [0.2, 0.25) is 0 Å². The van der Waals surface area contributed by atoms with Gasteiger partial charge in [0.25, 0.3) is 0 Å². The lowest BCUT2D eigenvalue weighted by Crippen LogP contribution is -2.07. The fourth-order valence-corrected chi connectivity index (χ4v) is 2.95. The molecule has 2 heterocycles. The van der Waals surface area contributed by atoms with Crippen molar-refractivity contribution in [3.05, 3.63) is 50.4 Å². The summed E-state index contributed by atoms with van der Waals surface area (Å²) < 4.78 is 0.999. The van der Waals surface area contributed by atoms with Crippen molar-refractivity contribution in [2.75, 3.05) is 0 Å². The number of Topliss-reactive ketones (excluding diaryl/α,β-unsaturated/α-hetero) is 1. The minimum absolute atomic E-state index is 0.0706. The molecule has 0 unspecified atom stereocenters. The number of halogens is 1. The number of hydrogen-bond donors (Lipinski definition) is 0. The van der Waals surface area contributed by atoms with E-state index >= 15 is 0 Å². The maximum Gasteiger partial charge on any atom is 0.186 e. The standard InChI is InChI=1S/C12H10BrNOS/c1-8-3-2-5-14-12(8)10(15)7-11-9(13)4-6-16-11/h2-6H,7H2,1H3. The largest absolute Gasteiger partial charge is 0.292 e. The summed E-state index contributed by atoms with van der Waals surface area (Å²) >= 11 is 5.01. The van der Waals surface area contributed by atoms with Crippen LogP contribution in [0.3, 0.4) is 0 Å². The number of nitrogens with zero attached hydrogens (tertiary/aromatic N) is 1. The van der Waals surface area contributed by atoms with Crippen molar-refractivity contribution in [3.63, 3.8) is 0 Å². The van der Waals surface area contributed by atoms with E-state index in [4.69, 9.17) is 0 Å². The fourth-order valence-electron chi connectivity index (χ4n) is 1.46. The number of rotatable bonds is 3. The Balaban J connectivity index is 2.22. The van der Waals surface area contributed by atoms with E-state index in [0.717, 1.165) is 14.9 Å². The second-order valence-electron chi connectivity index (χ2n) is 3.46. The average molecular weight is 296 g/mol. The van der Waals surface area contributed by atoms with Gasteiger partial charge in [0.15, 0.2) is 5.78 Å². The normalized spacial score (nSPS) is 10.4. The van der Waals surface area contributed by atoms with Crippen LogP contribution in [0, 0.1) is 6.92 Å². The molecule has 0 aromatic carbocycles. The van der Waals surface area contributed by atoms with E-state index in [9.17, 15) is 4.79 Å². The van der Waals surface area contributed by atoms with Crippen LogP contribution in [0.2, 0.25) is 0 Å². The number of pyridine rings is 1. The predicted octanol–water partition coefficient (Wildman–Crippen LogP) is 3.64. The molecule has 0 aliphatic carbocycles. The molecule has 0 fully saturated rings. The van der Waals surface area contributed by atoms with Crippen LogP contribution in [-0.4, -0.2) is 10.8 Å². The quantitative estimate of drug-likeness (QED) is 0.809. The van der Waals surface area contributed by atoms with E-state index in [1.165, 1.54) is 0 Å². The lowest BCUT2D eigenvalue weighted by molar-refractivity contribution is 0.0988. The first-order valence-corrected chi connectivity index (χ1v) is 6.52. The van der Waals surface area contributed by atoms with Crippen molar-refractivity contribution in [1.29, 1.82) is 0 Å². The maximum absolute atomic E-state index is 12.0. The highest BCUT2D eigenvalue weighted by Gasteiger charge is 2.13. The first-order chi connectivity index (χ1) is 7.68. The molecule has 0 N–H and O–H groups in total. The van der Waals surface area contributed by atoms with Crippen LogP contribution >= 0.6 is 27.3 Å². The molecule has 2 aromatic heterocycles. The van der Waals surface area contributed by atoms with Crippen LogP contribution in [-0.2, 0) is 6.42 Å². The third-order valence-electron chi connectivity index (χ3n) is 2.29. The zero-order valence-electron chi connectivity index (χ0n) is 8.74. The van der Waals surface area contributed by atoms with Gasteiger partial charge in [-0.2, -0.15) is 0 Å². The molecule has 0 radical (unpaired) electrons. The van der Waals surface area contributed by atoms with E-state index in [-0.39, 0.29) is 5.78 Å². The van der Waals surface area contributed by atoms with Gasteiger partial charge in [-0.05, 0) is 45.9 Å². The Bertz CT molecular complexity index is 521.